The minimum atomic E-state index is 0.335. The largest absolute Gasteiger partial charge is 0.309 e. The molecule has 2 rings (SSSR count). The molecule has 0 bridgehead atoms. The van der Waals surface area contributed by atoms with E-state index in [9.17, 15) is 0 Å². The lowest BCUT2D eigenvalue weighted by molar-refractivity contribution is 0.327. The van der Waals surface area contributed by atoms with Crippen LogP contribution >= 0.6 is 11.6 Å². The van der Waals surface area contributed by atoms with E-state index >= 15 is 0 Å². The van der Waals surface area contributed by atoms with Crippen LogP contribution in [0.4, 0.5) is 0 Å². The predicted molar refractivity (Wildman–Crippen MR) is 56.4 cm³/mol. The summed E-state index contributed by atoms with van der Waals surface area (Å²) in [6.45, 7) is 4.93. The minimum Gasteiger partial charge on any atom is -0.309 e. The van der Waals surface area contributed by atoms with E-state index in [0.717, 1.165) is 12.4 Å². The number of rotatable bonds is 5. The van der Waals surface area contributed by atoms with Gasteiger partial charge < -0.3 is 10.2 Å². The highest BCUT2D eigenvalue weighted by atomic mass is 35.5. The Balaban J connectivity index is 1.58. The molecule has 0 amide bonds. The van der Waals surface area contributed by atoms with Crippen molar-refractivity contribution >= 4 is 11.6 Å². The summed E-state index contributed by atoms with van der Waals surface area (Å²) in [7, 11) is 0. The summed E-state index contributed by atoms with van der Waals surface area (Å²) in [6, 6.07) is 0. The third-order valence-corrected chi connectivity index (χ3v) is 3.75. The van der Waals surface area contributed by atoms with Gasteiger partial charge in [-0.05, 0) is 38.8 Å². The van der Waals surface area contributed by atoms with Gasteiger partial charge in [0.05, 0.1) is 0 Å². The lowest BCUT2D eigenvalue weighted by Gasteiger charge is -2.18. The number of likely N-dealkylation sites (tertiary alicyclic amines) is 1. The Labute approximate surface area is 85.6 Å². The predicted octanol–water partition coefficient (Wildman–Crippen LogP) is 1.44. The molecular formula is C10H19ClN2. The fraction of sp³-hybridized carbons (Fsp3) is 1.00. The number of halogens is 1. The van der Waals surface area contributed by atoms with E-state index in [1.807, 2.05) is 0 Å². The fourth-order valence-corrected chi connectivity index (χ4v) is 2.36. The molecule has 0 radical (unpaired) electrons. The van der Waals surface area contributed by atoms with E-state index in [-0.39, 0.29) is 0 Å². The quantitative estimate of drug-likeness (QED) is 0.679. The van der Waals surface area contributed by atoms with Gasteiger partial charge in [-0.1, -0.05) is 0 Å². The highest BCUT2D eigenvalue weighted by Gasteiger charge is 2.40. The van der Waals surface area contributed by atoms with Gasteiger partial charge in [0, 0.05) is 24.5 Å². The lowest BCUT2D eigenvalue weighted by Crippen LogP contribution is -2.38. The van der Waals surface area contributed by atoms with E-state index in [4.69, 9.17) is 11.6 Å². The maximum absolute atomic E-state index is 5.88. The molecule has 76 valence electrons. The summed E-state index contributed by atoms with van der Waals surface area (Å²) >= 11 is 5.88. The molecule has 0 aromatic heterocycles. The first-order chi connectivity index (χ1) is 6.35. The Hall–Kier alpha value is 0.210. The maximum atomic E-state index is 5.88. The van der Waals surface area contributed by atoms with Crippen molar-refractivity contribution in [1.29, 1.82) is 0 Å². The third-order valence-electron chi connectivity index (χ3n) is 3.24. The Kier molecular flexibility index (Phi) is 3.12. The molecule has 1 heterocycles. The third kappa shape index (κ3) is 2.58. The van der Waals surface area contributed by atoms with Gasteiger partial charge in [-0.3, -0.25) is 0 Å². The monoisotopic (exact) mass is 202 g/mol. The van der Waals surface area contributed by atoms with Crippen molar-refractivity contribution in [3.05, 3.63) is 0 Å². The normalized spacial score (nSPS) is 26.5. The molecule has 1 aliphatic heterocycles. The number of nitrogens with zero attached hydrogens (tertiary/aromatic N) is 1. The summed E-state index contributed by atoms with van der Waals surface area (Å²) in [5.41, 5.74) is 0.335. The molecule has 13 heavy (non-hydrogen) atoms. The zero-order valence-corrected chi connectivity index (χ0v) is 8.95. The van der Waals surface area contributed by atoms with Gasteiger partial charge in [0.1, 0.15) is 0 Å². The second kappa shape index (κ2) is 4.16. The smallest absolute Gasteiger partial charge is 0.0406 e. The second-order valence-corrected chi connectivity index (χ2v) is 4.66. The Morgan fingerprint density at radius 2 is 1.92 bits per heavy atom. The molecule has 0 aromatic rings. The van der Waals surface area contributed by atoms with E-state index in [0.29, 0.717) is 5.54 Å². The maximum Gasteiger partial charge on any atom is 0.0406 e. The summed E-state index contributed by atoms with van der Waals surface area (Å²) in [6.07, 6.45) is 5.33. The molecule has 0 spiro atoms. The average molecular weight is 203 g/mol. The number of nitrogens with one attached hydrogen (secondary N) is 1. The van der Waals surface area contributed by atoms with Crippen molar-refractivity contribution in [1.82, 2.24) is 10.2 Å². The van der Waals surface area contributed by atoms with Crippen molar-refractivity contribution in [2.75, 3.05) is 32.1 Å². The molecule has 1 saturated carbocycles. The highest BCUT2D eigenvalue weighted by molar-refractivity contribution is 6.18. The van der Waals surface area contributed by atoms with Crippen molar-refractivity contribution in [3.8, 4) is 0 Å². The van der Waals surface area contributed by atoms with Crippen molar-refractivity contribution in [2.24, 2.45) is 0 Å². The van der Waals surface area contributed by atoms with Gasteiger partial charge >= 0.3 is 0 Å². The number of alkyl halides is 1. The van der Waals surface area contributed by atoms with E-state index in [1.165, 1.54) is 45.3 Å². The standard InChI is InChI=1S/C10H19ClN2/c11-9-10(3-4-10)12-5-8-13-6-1-2-7-13/h12H,1-9H2. The Morgan fingerprint density at radius 1 is 1.23 bits per heavy atom. The molecule has 1 saturated heterocycles. The zero-order valence-electron chi connectivity index (χ0n) is 8.19. The van der Waals surface area contributed by atoms with Crippen LogP contribution < -0.4 is 5.32 Å². The molecule has 1 N–H and O–H groups in total. The molecule has 0 atom stereocenters. The molecule has 0 unspecified atom stereocenters. The minimum absolute atomic E-state index is 0.335. The van der Waals surface area contributed by atoms with Crippen LogP contribution in [-0.2, 0) is 0 Å². The molecule has 2 aliphatic rings. The average Bonchev–Trinajstić information content (AvgIpc) is 2.74. The van der Waals surface area contributed by atoms with Crippen LogP contribution in [0.25, 0.3) is 0 Å². The molecule has 2 nitrogen and oxygen atoms in total. The zero-order chi connectivity index (χ0) is 9.15. The van der Waals surface area contributed by atoms with Crippen LogP contribution in [0, 0.1) is 0 Å². The molecular weight excluding hydrogens is 184 g/mol. The van der Waals surface area contributed by atoms with Gasteiger partial charge in [-0.2, -0.15) is 0 Å². The van der Waals surface area contributed by atoms with Crippen LogP contribution in [0.5, 0.6) is 0 Å². The topological polar surface area (TPSA) is 15.3 Å². The van der Waals surface area contributed by atoms with Crippen LogP contribution in [0.1, 0.15) is 25.7 Å². The van der Waals surface area contributed by atoms with Gasteiger partial charge in [-0.15, -0.1) is 11.6 Å². The van der Waals surface area contributed by atoms with Gasteiger partial charge in [0.25, 0.3) is 0 Å². The van der Waals surface area contributed by atoms with E-state index < -0.39 is 0 Å². The number of hydrogen-bond donors (Lipinski definition) is 1. The highest BCUT2D eigenvalue weighted by Crippen LogP contribution is 2.36. The van der Waals surface area contributed by atoms with Crippen molar-refractivity contribution < 1.29 is 0 Å². The summed E-state index contributed by atoms with van der Waals surface area (Å²) in [4.78, 5) is 2.54. The molecule has 1 aliphatic carbocycles. The van der Waals surface area contributed by atoms with Crippen LogP contribution in [0.15, 0.2) is 0 Å². The first-order valence-corrected chi connectivity index (χ1v) is 5.91. The molecule has 0 aromatic carbocycles. The molecule has 3 heteroatoms. The van der Waals surface area contributed by atoms with Gasteiger partial charge in [-0.25, -0.2) is 0 Å². The van der Waals surface area contributed by atoms with Gasteiger partial charge in [0.2, 0.25) is 0 Å². The summed E-state index contributed by atoms with van der Waals surface area (Å²) < 4.78 is 0. The SMILES string of the molecule is ClCC1(NCCN2CCCC2)CC1. The van der Waals surface area contributed by atoms with Crippen LogP contribution in [-0.4, -0.2) is 42.5 Å². The summed E-state index contributed by atoms with van der Waals surface area (Å²) in [5.74, 6) is 0.785. The first-order valence-electron chi connectivity index (χ1n) is 5.38. The second-order valence-electron chi connectivity index (χ2n) is 4.39. The van der Waals surface area contributed by atoms with Gasteiger partial charge in [0.15, 0.2) is 0 Å². The Bertz CT molecular complexity index is 162. The van der Waals surface area contributed by atoms with E-state index in [2.05, 4.69) is 10.2 Å². The van der Waals surface area contributed by atoms with Crippen molar-refractivity contribution in [3.63, 3.8) is 0 Å². The van der Waals surface area contributed by atoms with Crippen LogP contribution in [0.3, 0.4) is 0 Å². The van der Waals surface area contributed by atoms with Crippen LogP contribution in [0.2, 0.25) is 0 Å². The fourth-order valence-electron chi connectivity index (χ4n) is 1.99. The van der Waals surface area contributed by atoms with Crippen molar-refractivity contribution in [2.45, 2.75) is 31.2 Å². The Morgan fingerprint density at radius 3 is 2.46 bits per heavy atom. The summed E-state index contributed by atoms with van der Waals surface area (Å²) in [5, 5.41) is 3.57. The van der Waals surface area contributed by atoms with E-state index in [1.54, 1.807) is 0 Å². The lowest BCUT2D eigenvalue weighted by atomic mass is 10.3. The molecule has 2 fully saturated rings. The number of hydrogen-bond acceptors (Lipinski definition) is 2. The first kappa shape index (κ1) is 9.75.